The quantitative estimate of drug-likeness (QED) is 0.305. The fraction of sp³-hybridized carbons (Fsp3) is 0.381. The van der Waals surface area contributed by atoms with Gasteiger partial charge in [-0.05, 0) is 30.7 Å². The van der Waals surface area contributed by atoms with Crippen LogP contribution in [0.4, 0.5) is 0 Å². The molecule has 0 aliphatic carbocycles. The van der Waals surface area contributed by atoms with Crippen LogP contribution in [-0.2, 0) is 9.84 Å². The molecule has 0 saturated heterocycles. The van der Waals surface area contributed by atoms with Crippen LogP contribution in [0.5, 0.6) is 5.75 Å². The predicted octanol–water partition coefficient (Wildman–Crippen LogP) is 3.44. The van der Waals surface area contributed by atoms with E-state index in [4.69, 9.17) is 4.74 Å². The van der Waals surface area contributed by atoms with Crippen LogP contribution >= 0.6 is 24.0 Å². The number of rotatable bonds is 9. The van der Waals surface area contributed by atoms with Gasteiger partial charge in [0.25, 0.3) is 0 Å². The van der Waals surface area contributed by atoms with Crippen molar-refractivity contribution >= 4 is 39.8 Å². The predicted molar refractivity (Wildman–Crippen MR) is 129 cm³/mol. The first-order chi connectivity index (χ1) is 13.5. The fourth-order valence-electron chi connectivity index (χ4n) is 2.70. The van der Waals surface area contributed by atoms with Crippen molar-refractivity contribution in [3.8, 4) is 5.75 Å². The van der Waals surface area contributed by atoms with Gasteiger partial charge in [-0.3, -0.25) is 4.99 Å². The number of ether oxygens (including phenoxy) is 1. The topological polar surface area (TPSA) is 71.0 Å². The summed E-state index contributed by atoms with van der Waals surface area (Å²) in [5.74, 6) is 1.48. The van der Waals surface area contributed by atoms with Gasteiger partial charge in [0.15, 0.2) is 15.8 Å². The standard InChI is InChI=1S/C21H29N3O3S.HI/c1-4-18(17-28(25,26)20-13-9-6-10-14-20)23-21(22-2)24(3)15-16-27-19-11-7-5-8-12-19;/h5-14,18H,4,15-17H2,1-3H3,(H,22,23);1H. The van der Waals surface area contributed by atoms with Gasteiger partial charge in [0, 0.05) is 20.1 Å². The number of sulfone groups is 1. The molecule has 0 heterocycles. The third-order valence-electron chi connectivity index (χ3n) is 4.36. The zero-order valence-corrected chi connectivity index (χ0v) is 20.3. The molecule has 29 heavy (non-hydrogen) atoms. The number of guanidine groups is 1. The summed E-state index contributed by atoms with van der Waals surface area (Å²) < 4.78 is 31.0. The van der Waals surface area contributed by atoms with Gasteiger partial charge in [-0.15, -0.1) is 24.0 Å². The lowest BCUT2D eigenvalue weighted by molar-refractivity contribution is 0.280. The van der Waals surface area contributed by atoms with E-state index < -0.39 is 9.84 Å². The average Bonchev–Trinajstić information content (AvgIpc) is 2.72. The Morgan fingerprint density at radius 2 is 1.69 bits per heavy atom. The molecule has 0 aliphatic heterocycles. The van der Waals surface area contributed by atoms with Crippen LogP contribution in [0.15, 0.2) is 70.6 Å². The molecule has 2 aromatic rings. The van der Waals surface area contributed by atoms with Gasteiger partial charge in [-0.25, -0.2) is 8.42 Å². The number of nitrogens with one attached hydrogen (secondary N) is 1. The van der Waals surface area contributed by atoms with Gasteiger partial charge < -0.3 is 15.0 Å². The second kappa shape index (κ2) is 12.7. The smallest absolute Gasteiger partial charge is 0.193 e. The van der Waals surface area contributed by atoms with Gasteiger partial charge in [0.1, 0.15) is 12.4 Å². The Kier molecular flexibility index (Phi) is 11.0. The van der Waals surface area contributed by atoms with E-state index in [0.29, 0.717) is 30.4 Å². The van der Waals surface area contributed by atoms with Crippen LogP contribution in [0.25, 0.3) is 0 Å². The van der Waals surface area contributed by atoms with Crippen molar-refractivity contribution in [3.63, 3.8) is 0 Å². The third kappa shape index (κ3) is 8.22. The number of hydrogen-bond acceptors (Lipinski definition) is 4. The molecule has 160 valence electrons. The normalized spacial score (nSPS) is 12.6. The first-order valence-electron chi connectivity index (χ1n) is 9.36. The van der Waals surface area contributed by atoms with Crippen molar-refractivity contribution in [1.82, 2.24) is 10.2 Å². The van der Waals surface area contributed by atoms with E-state index in [1.165, 1.54) is 0 Å². The molecule has 0 fully saturated rings. The summed E-state index contributed by atoms with van der Waals surface area (Å²) in [7, 11) is 0.230. The molecule has 1 N–H and O–H groups in total. The Hall–Kier alpha value is -1.81. The highest BCUT2D eigenvalue weighted by Crippen LogP contribution is 2.13. The van der Waals surface area contributed by atoms with Gasteiger partial charge in [-0.2, -0.15) is 0 Å². The van der Waals surface area contributed by atoms with E-state index in [1.807, 2.05) is 55.3 Å². The minimum atomic E-state index is -3.36. The first-order valence-corrected chi connectivity index (χ1v) is 11.0. The summed E-state index contributed by atoms with van der Waals surface area (Å²) in [5, 5.41) is 3.27. The van der Waals surface area contributed by atoms with Gasteiger partial charge in [0.05, 0.1) is 17.2 Å². The van der Waals surface area contributed by atoms with Crippen molar-refractivity contribution in [2.45, 2.75) is 24.3 Å². The van der Waals surface area contributed by atoms with Gasteiger partial charge in [0.2, 0.25) is 0 Å². The molecule has 0 aromatic heterocycles. The highest BCUT2D eigenvalue weighted by Gasteiger charge is 2.21. The molecule has 1 unspecified atom stereocenters. The maximum atomic E-state index is 12.7. The molecule has 0 amide bonds. The average molecular weight is 531 g/mol. The summed E-state index contributed by atoms with van der Waals surface area (Å²) in [6, 6.07) is 17.9. The molecular weight excluding hydrogens is 501 g/mol. The second-order valence-corrected chi connectivity index (χ2v) is 8.51. The van der Waals surface area contributed by atoms with Gasteiger partial charge >= 0.3 is 0 Å². The number of nitrogens with zero attached hydrogens (tertiary/aromatic N) is 2. The summed E-state index contributed by atoms with van der Waals surface area (Å²) in [6.45, 7) is 3.08. The monoisotopic (exact) mass is 531 g/mol. The number of aliphatic imine (C=N–C) groups is 1. The maximum Gasteiger partial charge on any atom is 0.193 e. The molecule has 0 saturated carbocycles. The molecule has 0 spiro atoms. The van der Waals surface area contributed by atoms with Crippen molar-refractivity contribution in [2.24, 2.45) is 4.99 Å². The third-order valence-corrected chi connectivity index (χ3v) is 6.19. The Balaban J connectivity index is 0.00000420. The number of likely N-dealkylation sites (N-methyl/N-ethyl adjacent to an activating group) is 1. The minimum Gasteiger partial charge on any atom is -0.492 e. The van der Waals surface area contributed by atoms with Crippen LogP contribution in [0, 0.1) is 0 Å². The highest BCUT2D eigenvalue weighted by molar-refractivity contribution is 14.0. The van der Waals surface area contributed by atoms with Crippen LogP contribution in [0.3, 0.4) is 0 Å². The Labute approximate surface area is 191 Å². The van der Waals surface area contributed by atoms with E-state index >= 15 is 0 Å². The van der Waals surface area contributed by atoms with E-state index in [1.54, 1.807) is 31.3 Å². The fourth-order valence-corrected chi connectivity index (χ4v) is 4.31. The number of hydrogen-bond donors (Lipinski definition) is 1. The van der Waals surface area contributed by atoms with Crippen molar-refractivity contribution in [2.75, 3.05) is 33.0 Å². The molecular formula is C21H30IN3O3S. The summed E-state index contributed by atoms with van der Waals surface area (Å²) in [6.07, 6.45) is 0.666. The lowest BCUT2D eigenvalue weighted by Gasteiger charge is -2.26. The van der Waals surface area contributed by atoms with E-state index in [-0.39, 0.29) is 35.8 Å². The van der Waals surface area contributed by atoms with Crippen LogP contribution in [0.1, 0.15) is 13.3 Å². The Morgan fingerprint density at radius 1 is 1.10 bits per heavy atom. The molecule has 8 heteroatoms. The van der Waals surface area contributed by atoms with Crippen LogP contribution in [-0.4, -0.2) is 58.3 Å². The van der Waals surface area contributed by atoms with Crippen LogP contribution < -0.4 is 10.1 Å². The van der Waals surface area contributed by atoms with E-state index in [9.17, 15) is 8.42 Å². The molecule has 6 nitrogen and oxygen atoms in total. The molecule has 0 radical (unpaired) electrons. The van der Waals surface area contributed by atoms with Gasteiger partial charge in [-0.1, -0.05) is 43.3 Å². The SMILES string of the molecule is CCC(CS(=O)(=O)c1ccccc1)NC(=NC)N(C)CCOc1ccccc1.I. The molecule has 0 aliphatic rings. The largest absolute Gasteiger partial charge is 0.492 e. The zero-order chi connectivity index (χ0) is 20.4. The minimum absolute atomic E-state index is 0. The lowest BCUT2D eigenvalue weighted by Crippen LogP contribution is -2.47. The molecule has 1 atom stereocenters. The van der Waals surface area contributed by atoms with Crippen molar-refractivity contribution in [1.29, 1.82) is 0 Å². The van der Waals surface area contributed by atoms with Crippen LogP contribution in [0.2, 0.25) is 0 Å². The highest BCUT2D eigenvalue weighted by atomic mass is 127. The molecule has 2 aromatic carbocycles. The van der Waals surface area contributed by atoms with E-state index in [2.05, 4.69) is 10.3 Å². The number of halogens is 1. The lowest BCUT2D eigenvalue weighted by atomic mass is 10.2. The molecule has 0 bridgehead atoms. The van der Waals surface area contributed by atoms with E-state index in [0.717, 1.165) is 5.75 Å². The summed E-state index contributed by atoms with van der Waals surface area (Å²) in [4.78, 5) is 6.56. The first kappa shape index (κ1) is 25.2. The number of para-hydroxylation sites is 1. The van der Waals surface area contributed by atoms with Crippen molar-refractivity contribution < 1.29 is 13.2 Å². The Bertz CT molecular complexity index is 846. The zero-order valence-electron chi connectivity index (χ0n) is 17.1. The maximum absolute atomic E-state index is 12.7. The number of benzene rings is 2. The Morgan fingerprint density at radius 3 is 2.24 bits per heavy atom. The van der Waals surface area contributed by atoms with Crippen molar-refractivity contribution in [3.05, 3.63) is 60.7 Å². The molecule has 2 rings (SSSR count). The summed E-state index contributed by atoms with van der Waals surface area (Å²) >= 11 is 0. The second-order valence-electron chi connectivity index (χ2n) is 6.47. The summed E-state index contributed by atoms with van der Waals surface area (Å²) in [5.41, 5.74) is 0.